The van der Waals surface area contributed by atoms with Crippen molar-refractivity contribution in [3.8, 4) is 0 Å². The van der Waals surface area contributed by atoms with Gasteiger partial charge in [0.05, 0.1) is 0 Å². The molecule has 0 rings (SSSR count). The summed E-state index contributed by atoms with van der Waals surface area (Å²) < 4.78 is 2.56. The van der Waals surface area contributed by atoms with Gasteiger partial charge in [0.25, 0.3) is 0 Å². The Morgan fingerprint density at radius 1 is 0.929 bits per heavy atom. The molecule has 0 saturated carbocycles. The smallest absolute Gasteiger partial charge is 0.216 e. The number of nitrogens with zero attached hydrogens (tertiary/aromatic N) is 1. The maximum Gasteiger partial charge on any atom is 0.216 e. The van der Waals surface area contributed by atoms with Crippen LogP contribution in [0.2, 0.25) is 51.5 Å². The average molecular weight is 268 g/mol. The van der Waals surface area contributed by atoms with Crippen molar-refractivity contribution in [3.63, 3.8) is 0 Å². The van der Waals surface area contributed by atoms with E-state index >= 15 is 0 Å². The second-order valence-electron chi connectivity index (χ2n) is 6.52. The first-order chi connectivity index (χ1) is 5.86. The molecule has 0 aliphatic heterocycles. The van der Waals surface area contributed by atoms with Gasteiger partial charge in [0.2, 0.25) is 7.55 Å². The molecule has 0 N–H and O–H groups in total. The molecular weight excluding hydrogens is 242 g/mol. The van der Waals surface area contributed by atoms with Crippen LogP contribution < -0.4 is 0 Å². The highest BCUT2D eigenvalue weighted by Gasteiger charge is 2.39. The van der Waals surface area contributed by atoms with E-state index in [9.17, 15) is 0 Å². The molecule has 0 aromatic carbocycles. The zero-order chi connectivity index (χ0) is 11.8. The molecule has 0 bridgehead atoms. The lowest BCUT2D eigenvalue weighted by atomic mass is 11.6. The first-order valence-electron chi connectivity index (χ1n) is 5.29. The van der Waals surface area contributed by atoms with Crippen LogP contribution in [0.5, 0.6) is 0 Å². The predicted molar refractivity (Wildman–Crippen MR) is 76.7 cm³/mol. The van der Waals surface area contributed by atoms with Gasteiger partial charge in [0.15, 0.2) is 0 Å². The van der Waals surface area contributed by atoms with Crippen LogP contribution in [-0.2, 0) is 0 Å². The largest absolute Gasteiger partial charge is 0.337 e. The highest BCUT2D eigenvalue weighted by molar-refractivity contribution is 7.21. The zero-order valence-corrected chi connectivity index (χ0v) is 14.8. The molecule has 0 spiro atoms. The quantitative estimate of drug-likeness (QED) is 0.551. The fourth-order valence-corrected chi connectivity index (χ4v) is 22.0. The van der Waals surface area contributed by atoms with Gasteiger partial charge >= 0.3 is 0 Å². The number of halogens is 1. The molecule has 0 aromatic rings. The summed E-state index contributed by atoms with van der Waals surface area (Å²) in [5, 5.41) is 0. The van der Waals surface area contributed by atoms with E-state index in [1.807, 2.05) is 0 Å². The maximum absolute atomic E-state index is 6.51. The number of rotatable bonds is 4. The molecule has 1 nitrogen and oxygen atoms in total. The SMILES string of the molecule is CN([Si](C)(C)Cl)[Si](C)(C)C[Si](C)(C)C. The van der Waals surface area contributed by atoms with E-state index in [1.54, 1.807) is 0 Å². The highest BCUT2D eigenvalue weighted by atomic mass is 35.6. The van der Waals surface area contributed by atoms with Crippen molar-refractivity contribution in [2.45, 2.75) is 51.5 Å². The summed E-state index contributed by atoms with van der Waals surface area (Å²) in [7, 11) is -1.57. The average Bonchev–Trinajstić information content (AvgIpc) is 1.78. The van der Waals surface area contributed by atoms with Crippen molar-refractivity contribution in [2.75, 3.05) is 7.05 Å². The van der Waals surface area contributed by atoms with Crippen molar-refractivity contribution < 1.29 is 0 Å². The molecule has 5 heteroatoms. The first kappa shape index (κ1) is 14.9. The van der Waals surface area contributed by atoms with Crippen LogP contribution in [0.25, 0.3) is 0 Å². The van der Waals surface area contributed by atoms with Crippen molar-refractivity contribution in [1.29, 1.82) is 0 Å². The van der Waals surface area contributed by atoms with Gasteiger partial charge in [0, 0.05) is 8.07 Å². The Kier molecular flexibility index (Phi) is 4.70. The molecule has 86 valence electrons. The Labute approximate surface area is 97.7 Å². The monoisotopic (exact) mass is 267 g/mol. The summed E-state index contributed by atoms with van der Waals surface area (Å²) in [5.74, 6) is 0. The van der Waals surface area contributed by atoms with Gasteiger partial charge in [-0.05, 0) is 25.8 Å². The summed E-state index contributed by atoms with van der Waals surface area (Å²) >= 11 is 6.51. The normalized spacial score (nSPS) is 15.0. The summed E-state index contributed by atoms with van der Waals surface area (Å²) in [4.78, 5) is 0. The number of hydrogen-bond donors (Lipinski definition) is 0. The van der Waals surface area contributed by atoms with E-state index in [0.29, 0.717) is 0 Å². The third-order valence-corrected chi connectivity index (χ3v) is 18.5. The lowest BCUT2D eigenvalue weighted by molar-refractivity contribution is 0.770. The summed E-state index contributed by atoms with van der Waals surface area (Å²) in [5.41, 5.74) is 1.44. The van der Waals surface area contributed by atoms with Crippen LogP contribution >= 0.6 is 11.1 Å². The van der Waals surface area contributed by atoms with E-state index in [1.165, 1.54) is 5.67 Å². The Morgan fingerprint density at radius 2 is 1.29 bits per heavy atom. The third kappa shape index (κ3) is 5.11. The van der Waals surface area contributed by atoms with Crippen LogP contribution in [-0.4, -0.2) is 35.1 Å². The second kappa shape index (κ2) is 4.41. The molecular formula is C9H26ClNSi3. The van der Waals surface area contributed by atoms with E-state index in [2.05, 4.69) is 57.1 Å². The lowest BCUT2D eigenvalue weighted by Gasteiger charge is -2.43. The molecule has 0 aromatic heterocycles. The van der Waals surface area contributed by atoms with Gasteiger partial charge in [-0.2, -0.15) is 0 Å². The number of hydrogen-bond acceptors (Lipinski definition) is 1. The molecule has 0 aliphatic rings. The minimum atomic E-state index is -1.61. The van der Waals surface area contributed by atoms with Crippen molar-refractivity contribution >= 4 is 34.9 Å². The fourth-order valence-electron chi connectivity index (χ4n) is 2.14. The highest BCUT2D eigenvalue weighted by Crippen LogP contribution is 2.27. The van der Waals surface area contributed by atoms with Gasteiger partial charge in [0.1, 0.15) is 8.24 Å². The van der Waals surface area contributed by atoms with E-state index < -0.39 is 23.9 Å². The van der Waals surface area contributed by atoms with E-state index in [4.69, 9.17) is 11.1 Å². The topological polar surface area (TPSA) is 3.24 Å². The van der Waals surface area contributed by atoms with Gasteiger partial charge in [-0.15, -0.1) is 11.1 Å². The van der Waals surface area contributed by atoms with Crippen LogP contribution in [0.4, 0.5) is 0 Å². The molecule has 14 heavy (non-hydrogen) atoms. The van der Waals surface area contributed by atoms with Crippen LogP contribution in [0.1, 0.15) is 0 Å². The molecule has 0 heterocycles. The molecule has 0 amide bonds. The lowest BCUT2D eigenvalue weighted by Crippen LogP contribution is -2.59. The Morgan fingerprint density at radius 3 is 1.50 bits per heavy atom. The Hall–Kier alpha value is 0.901. The van der Waals surface area contributed by atoms with Gasteiger partial charge < -0.3 is 4.23 Å². The van der Waals surface area contributed by atoms with Crippen LogP contribution in [0, 0.1) is 0 Å². The second-order valence-corrected chi connectivity index (χ2v) is 24.1. The Balaban J connectivity index is 4.63. The van der Waals surface area contributed by atoms with Crippen molar-refractivity contribution in [3.05, 3.63) is 0 Å². The molecule has 0 fully saturated rings. The van der Waals surface area contributed by atoms with Crippen LogP contribution in [0.3, 0.4) is 0 Å². The van der Waals surface area contributed by atoms with Crippen molar-refractivity contribution in [1.82, 2.24) is 4.23 Å². The zero-order valence-electron chi connectivity index (χ0n) is 11.0. The van der Waals surface area contributed by atoms with Crippen LogP contribution in [0.15, 0.2) is 0 Å². The third-order valence-electron chi connectivity index (χ3n) is 2.67. The maximum atomic E-state index is 6.51. The fraction of sp³-hybridized carbons (Fsp3) is 1.00. The molecule has 0 aliphatic carbocycles. The van der Waals surface area contributed by atoms with E-state index in [-0.39, 0.29) is 0 Å². The first-order valence-corrected chi connectivity index (χ1v) is 16.1. The molecule has 0 radical (unpaired) electrons. The summed E-state index contributed by atoms with van der Waals surface area (Å²) in [6.07, 6.45) is 0. The van der Waals surface area contributed by atoms with Gasteiger partial charge in [-0.3, -0.25) is 0 Å². The minimum Gasteiger partial charge on any atom is -0.337 e. The molecule has 0 saturated heterocycles. The molecule has 0 unspecified atom stereocenters. The van der Waals surface area contributed by atoms with Crippen molar-refractivity contribution in [2.24, 2.45) is 0 Å². The Bertz CT molecular complexity index is 193. The molecule has 0 atom stereocenters. The standard InChI is InChI=1S/C9H26ClNSi3/c1-11(14(7,8)10)13(5,6)9-12(2,3)4/h9H2,1-8H3. The van der Waals surface area contributed by atoms with Gasteiger partial charge in [-0.1, -0.05) is 32.7 Å². The van der Waals surface area contributed by atoms with E-state index in [0.717, 1.165) is 0 Å². The minimum absolute atomic E-state index is 0.951. The van der Waals surface area contributed by atoms with Gasteiger partial charge in [-0.25, -0.2) is 0 Å². The summed E-state index contributed by atoms with van der Waals surface area (Å²) in [6.45, 7) is 16.8. The summed E-state index contributed by atoms with van der Waals surface area (Å²) in [6, 6.07) is 0. The predicted octanol–water partition coefficient (Wildman–Crippen LogP) is 3.94.